The molecule has 2 aliphatic rings. The molecule has 0 radical (unpaired) electrons. The first-order valence-electron chi connectivity index (χ1n) is 7.95. The first kappa shape index (κ1) is 13.7. The highest BCUT2D eigenvalue weighted by Crippen LogP contribution is 2.49. The number of hydrogen-bond acceptors (Lipinski definition) is 2. The molecule has 3 unspecified atom stereocenters. The zero-order valence-electron chi connectivity index (χ0n) is 12.6. The molecule has 110 valence electrons. The molecule has 2 saturated carbocycles. The summed E-state index contributed by atoms with van der Waals surface area (Å²) in [5.41, 5.74) is 2.29. The van der Waals surface area contributed by atoms with E-state index in [1.54, 1.807) is 0 Å². The van der Waals surface area contributed by atoms with E-state index in [1.807, 2.05) is 10.9 Å². The summed E-state index contributed by atoms with van der Waals surface area (Å²) in [5.74, 6) is 2.61. The summed E-state index contributed by atoms with van der Waals surface area (Å²) in [6, 6.07) is 0. The molecule has 0 aliphatic heterocycles. The van der Waals surface area contributed by atoms with Gasteiger partial charge in [0.15, 0.2) is 0 Å². The van der Waals surface area contributed by atoms with Crippen molar-refractivity contribution in [3.63, 3.8) is 0 Å². The van der Waals surface area contributed by atoms with Gasteiger partial charge in [-0.3, -0.25) is 9.48 Å². The van der Waals surface area contributed by atoms with Gasteiger partial charge in [0, 0.05) is 30.8 Å². The molecule has 1 aromatic heterocycles. The molecule has 4 heteroatoms. The summed E-state index contributed by atoms with van der Waals surface area (Å²) in [5, 5.41) is 7.38. The van der Waals surface area contributed by atoms with Gasteiger partial charge in [0.1, 0.15) is 0 Å². The molecule has 3 atom stereocenters. The molecule has 0 spiro atoms. The van der Waals surface area contributed by atoms with Crippen molar-refractivity contribution in [1.29, 1.82) is 0 Å². The summed E-state index contributed by atoms with van der Waals surface area (Å²) in [4.78, 5) is 12.1. The van der Waals surface area contributed by atoms with E-state index in [4.69, 9.17) is 0 Å². The van der Waals surface area contributed by atoms with Crippen LogP contribution in [0.5, 0.6) is 0 Å². The lowest BCUT2D eigenvalue weighted by Crippen LogP contribution is -2.27. The Morgan fingerprint density at radius 1 is 1.45 bits per heavy atom. The maximum atomic E-state index is 12.1. The molecular formula is C16H25N3O. The van der Waals surface area contributed by atoms with Crippen molar-refractivity contribution in [3.05, 3.63) is 17.5 Å². The normalized spacial score (nSPS) is 28.0. The maximum absolute atomic E-state index is 12.1. The fourth-order valence-corrected chi connectivity index (χ4v) is 4.11. The van der Waals surface area contributed by atoms with Gasteiger partial charge in [-0.15, -0.1) is 0 Å². The molecule has 3 rings (SSSR count). The number of nitrogens with zero attached hydrogens (tertiary/aromatic N) is 2. The number of amides is 1. The van der Waals surface area contributed by atoms with Gasteiger partial charge in [0.25, 0.3) is 0 Å². The Morgan fingerprint density at radius 2 is 2.30 bits per heavy atom. The fourth-order valence-electron chi connectivity index (χ4n) is 4.11. The van der Waals surface area contributed by atoms with Crippen LogP contribution in [0.15, 0.2) is 6.20 Å². The molecule has 0 saturated heterocycles. The van der Waals surface area contributed by atoms with Crippen LogP contribution in [0, 0.1) is 24.7 Å². The van der Waals surface area contributed by atoms with Crippen molar-refractivity contribution in [1.82, 2.24) is 15.1 Å². The number of nitrogens with one attached hydrogen (secondary N) is 1. The molecule has 20 heavy (non-hydrogen) atoms. The smallest absolute Gasteiger partial charge is 0.220 e. The largest absolute Gasteiger partial charge is 0.352 e. The lowest BCUT2D eigenvalue weighted by atomic mass is 9.86. The third-order valence-electron chi connectivity index (χ3n) is 5.31. The number of rotatable bonds is 5. The summed E-state index contributed by atoms with van der Waals surface area (Å²) < 4.78 is 1.97. The molecule has 0 aromatic carbocycles. The van der Waals surface area contributed by atoms with Gasteiger partial charge in [0.05, 0.1) is 6.20 Å². The van der Waals surface area contributed by atoms with Crippen LogP contribution in [0.4, 0.5) is 0 Å². The third kappa shape index (κ3) is 2.60. The number of hydrogen-bond donors (Lipinski definition) is 1. The van der Waals surface area contributed by atoms with E-state index in [9.17, 15) is 4.79 Å². The molecule has 1 amide bonds. The van der Waals surface area contributed by atoms with Crippen LogP contribution in [0.2, 0.25) is 0 Å². The second-order valence-electron chi connectivity index (χ2n) is 6.49. The number of carbonyl (C=O) groups is 1. The predicted octanol–water partition coefficient (Wildman–Crippen LogP) is 2.65. The minimum absolute atomic E-state index is 0.214. The highest BCUT2D eigenvalue weighted by molar-refractivity contribution is 5.76. The molecular weight excluding hydrogens is 250 g/mol. The quantitative estimate of drug-likeness (QED) is 0.898. The van der Waals surface area contributed by atoms with Crippen LogP contribution in [-0.2, 0) is 17.9 Å². The van der Waals surface area contributed by atoms with Gasteiger partial charge in [-0.05, 0) is 50.9 Å². The van der Waals surface area contributed by atoms with Gasteiger partial charge < -0.3 is 5.32 Å². The van der Waals surface area contributed by atoms with Gasteiger partial charge in [-0.1, -0.05) is 6.42 Å². The van der Waals surface area contributed by atoms with Gasteiger partial charge >= 0.3 is 0 Å². The second kappa shape index (κ2) is 5.58. The van der Waals surface area contributed by atoms with E-state index in [1.165, 1.54) is 25.7 Å². The minimum Gasteiger partial charge on any atom is -0.352 e. The maximum Gasteiger partial charge on any atom is 0.220 e. The van der Waals surface area contributed by atoms with E-state index in [-0.39, 0.29) is 5.91 Å². The lowest BCUT2D eigenvalue weighted by Gasteiger charge is -2.20. The zero-order valence-corrected chi connectivity index (χ0v) is 12.6. The Bertz CT molecular complexity index is 494. The summed E-state index contributed by atoms with van der Waals surface area (Å²) in [7, 11) is 0. The molecule has 1 heterocycles. The van der Waals surface area contributed by atoms with Crippen LogP contribution in [0.25, 0.3) is 0 Å². The average Bonchev–Trinajstić information content (AvgIpc) is 3.12. The number of fused-ring (bicyclic) bond motifs is 2. The number of aryl methyl sites for hydroxylation is 1. The van der Waals surface area contributed by atoms with Crippen molar-refractivity contribution in [2.24, 2.45) is 17.8 Å². The summed E-state index contributed by atoms with van der Waals surface area (Å²) in [6.45, 7) is 5.64. The second-order valence-corrected chi connectivity index (χ2v) is 6.49. The van der Waals surface area contributed by atoms with Crippen molar-refractivity contribution >= 4 is 5.91 Å². The van der Waals surface area contributed by atoms with E-state index in [0.29, 0.717) is 12.5 Å². The highest BCUT2D eigenvalue weighted by atomic mass is 16.1. The topological polar surface area (TPSA) is 46.9 Å². The molecule has 1 N–H and O–H groups in total. The SMILES string of the molecule is CCn1ncc(CNC(=O)CC2CC3CCC2C3)c1C. The Kier molecular flexibility index (Phi) is 3.81. The Hall–Kier alpha value is -1.32. The lowest BCUT2D eigenvalue weighted by molar-refractivity contribution is -0.122. The predicted molar refractivity (Wildman–Crippen MR) is 78.0 cm³/mol. The van der Waals surface area contributed by atoms with Crippen molar-refractivity contribution < 1.29 is 4.79 Å². The molecule has 4 nitrogen and oxygen atoms in total. The third-order valence-corrected chi connectivity index (χ3v) is 5.31. The Balaban J connectivity index is 1.48. The van der Waals surface area contributed by atoms with Crippen LogP contribution in [0.3, 0.4) is 0 Å². The Morgan fingerprint density at radius 3 is 2.90 bits per heavy atom. The van der Waals surface area contributed by atoms with E-state index in [2.05, 4.69) is 24.3 Å². The average molecular weight is 275 g/mol. The van der Waals surface area contributed by atoms with Crippen LogP contribution in [0.1, 0.15) is 50.3 Å². The van der Waals surface area contributed by atoms with Crippen LogP contribution >= 0.6 is 0 Å². The van der Waals surface area contributed by atoms with Crippen LogP contribution < -0.4 is 5.32 Å². The Labute approximate surface area is 120 Å². The van der Waals surface area contributed by atoms with Crippen molar-refractivity contribution in [3.8, 4) is 0 Å². The zero-order chi connectivity index (χ0) is 14.1. The van der Waals surface area contributed by atoms with E-state index in [0.717, 1.165) is 36.1 Å². The highest BCUT2D eigenvalue weighted by Gasteiger charge is 2.39. The minimum atomic E-state index is 0.214. The first-order valence-corrected chi connectivity index (χ1v) is 7.95. The van der Waals surface area contributed by atoms with E-state index >= 15 is 0 Å². The van der Waals surface area contributed by atoms with Gasteiger partial charge in [-0.2, -0.15) is 5.10 Å². The number of carbonyl (C=O) groups excluding carboxylic acids is 1. The van der Waals surface area contributed by atoms with Crippen LogP contribution in [-0.4, -0.2) is 15.7 Å². The molecule has 2 bridgehead atoms. The van der Waals surface area contributed by atoms with Crippen molar-refractivity contribution in [2.45, 2.75) is 59.0 Å². The molecule has 1 aromatic rings. The van der Waals surface area contributed by atoms with Gasteiger partial charge in [0.2, 0.25) is 5.91 Å². The van der Waals surface area contributed by atoms with E-state index < -0.39 is 0 Å². The number of aromatic nitrogens is 2. The van der Waals surface area contributed by atoms with Crippen molar-refractivity contribution in [2.75, 3.05) is 0 Å². The first-order chi connectivity index (χ1) is 9.67. The monoisotopic (exact) mass is 275 g/mol. The molecule has 2 fully saturated rings. The molecule has 2 aliphatic carbocycles. The summed E-state index contributed by atoms with van der Waals surface area (Å²) >= 11 is 0. The standard InChI is InChI=1S/C16H25N3O/c1-3-19-11(2)15(10-18-19)9-17-16(20)8-14-7-12-4-5-13(14)6-12/h10,12-14H,3-9H2,1-2H3,(H,17,20). The fraction of sp³-hybridized carbons (Fsp3) is 0.750. The van der Waals surface area contributed by atoms with Gasteiger partial charge in [-0.25, -0.2) is 0 Å². The summed E-state index contributed by atoms with van der Waals surface area (Å²) in [6.07, 6.45) is 8.01.